The molecule has 5 rings (SSSR count). The summed E-state index contributed by atoms with van der Waals surface area (Å²) in [7, 11) is 0. The van der Waals surface area contributed by atoms with Gasteiger partial charge in [0.15, 0.2) is 0 Å². The fraction of sp³-hybridized carbons (Fsp3) is 0.0278. The van der Waals surface area contributed by atoms with Crippen LogP contribution in [0.5, 0.6) is 0 Å². The van der Waals surface area contributed by atoms with Crippen LogP contribution >= 0.6 is 46.6 Å². The average molecular weight is 687 g/mol. The summed E-state index contributed by atoms with van der Waals surface area (Å²) in [4.78, 5) is 40.8. The van der Waals surface area contributed by atoms with Crippen LogP contribution in [0, 0.1) is 0 Å². The number of carbonyl (C=O) groups is 3. The number of rotatable bonds is 10. The van der Waals surface area contributed by atoms with Gasteiger partial charge in [-0.05, 0) is 77.9 Å². The monoisotopic (exact) mass is 685 g/mol. The molecule has 5 aromatic carbocycles. The Morgan fingerprint density at radius 2 is 1.35 bits per heavy atom. The lowest BCUT2D eigenvalue weighted by molar-refractivity contribution is -0.116. The zero-order valence-corrected chi connectivity index (χ0v) is 27.1. The first kappa shape index (κ1) is 32.9. The van der Waals surface area contributed by atoms with E-state index >= 15 is 0 Å². The van der Waals surface area contributed by atoms with E-state index < -0.39 is 17.1 Å². The lowest BCUT2D eigenvalue weighted by atomic mass is 10.1. The molecule has 0 aliphatic rings. The normalized spacial score (nSPS) is 11.8. The lowest BCUT2D eigenvalue weighted by Gasteiger charge is -2.18. The third-order valence-corrected chi connectivity index (χ3v) is 8.63. The molecule has 1 unspecified atom stereocenters. The third kappa shape index (κ3) is 9.02. The fourth-order valence-electron chi connectivity index (χ4n) is 4.34. The van der Waals surface area contributed by atoms with E-state index in [2.05, 4.69) is 16.0 Å². The van der Waals surface area contributed by atoms with Crippen LogP contribution in [0.2, 0.25) is 15.1 Å². The first-order valence-corrected chi connectivity index (χ1v) is 16.0. The van der Waals surface area contributed by atoms with Gasteiger partial charge in [0.1, 0.15) is 10.9 Å². The second kappa shape index (κ2) is 15.7. The summed E-state index contributed by atoms with van der Waals surface area (Å²) in [5, 5.41) is 9.19. The molecule has 0 aliphatic heterocycles. The molecule has 1 atom stereocenters. The minimum atomic E-state index is -0.649. The smallest absolute Gasteiger partial charge is 0.272 e. The van der Waals surface area contributed by atoms with Crippen LogP contribution in [0.25, 0.3) is 6.08 Å². The zero-order chi connectivity index (χ0) is 32.5. The SMILES string of the molecule is O=C(Nc1cccc(SC(C(=O)Nc2ccc(Cl)cc2Cl)c2ccccc2)c1)/C(=C/c1ccc(Cl)cc1)NC(=O)c1ccccc1. The summed E-state index contributed by atoms with van der Waals surface area (Å²) in [5.74, 6) is -1.25. The molecular weight excluding hydrogens is 661 g/mol. The molecule has 0 bridgehead atoms. The highest BCUT2D eigenvalue weighted by Gasteiger charge is 2.23. The molecule has 6 nitrogen and oxygen atoms in total. The molecule has 0 radical (unpaired) electrons. The fourth-order valence-corrected chi connectivity index (χ4v) is 6.00. The summed E-state index contributed by atoms with van der Waals surface area (Å²) in [6.07, 6.45) is 1.57. The van der Waals surface area contributed by atoms with Crippen LogP contribution < -0.4 is 16.0 Å². The van der Waals surface area contributed by atoms with E-state index in [-0.39, 0.29) is 11.6 Å². The second-order valence-corrected chi connectivity index (χ2v) is 12.4. The van der Waals surface area contributed by atoms with Crippen LogP contribution in [0.15, 0.2) is 138 Å². The van der Waals surface area contributed by atoms with Gasteiger partial charge in [-0.2, -0.15) is 0 Å². The second-order valence-electron chi connectivity index (χ2n) is 9.93. The Hall–Kier alpha value is -4.53. The van der Waals surface area contributed by atoms with Gasteiger partial charge < -0.3 is 16.0 Å². The largest absolute Gasteiger partial charge is 0.323 e. The molecule has 0 spiro atoms. The van der Waals surface area contributed by atoms with Crippen molar-refractivity contribution in [2.75, 3.05) is 10.6 Å². The highest BCUT2D eigenvalue weighted by molar-refractivity contribution is 8.00. The predicted molar refractivity (Wildman–Crippen MR) is 189 cm³/mol. The number of nitrogens with one attached hydrogen (secondary N) is 3. The minimum absolute atomic E-state index is 0.0376. The number of thioether (sulfide) groups is 1. The Bertz CT molecular complexity index is 1890. The Balaban J connectivity index is 1.38. The molecule has 0 aliphatic carbocycles. The number of carbonyl (C=O) groups excluding carboxylic acids is 3. The highest BCUT2D eigenvalue weighted by Crippen LogP contribution is 2.38. The molecule has 5 aromatic rings. The number of halogens is 3. The molecule has 0 fully saturated rings. The third-order valence-electron chi connectivity index (χ3n) is 6.59. The van der Waals surface area contributed by atoms with Gasteiger partial charge in [0.25, 0.3) is 11.8 Å². The molecule has 230 valence electrons. The first-order chi connectivity index (χ1) is 22.2. The Morgan fingerprint density at radius 1 is 0.674 bits per heavy atom. The topological polar surface area (TPSA) is 87.3 Å². The van der Waals surface area contributed by atoms with Crippen molar-refractivity contribution in [1.29, 1.82) is 0 Å². The molecule has 0 saturated carbocycles. The molecule has 0 heterocycles. The summed E-state index contributed by atoms with van der Waals surface area (Å²) in [5.41, 5.74) is 2.80. The Kier molecular flexibility index (Phi) is 11.2. The van der Waals surface area contributed by atoms with Crippen molar-refractivity contribution in [1.82, 2.24) is 5.32 Å². The Labute approximate surface area is 285 Å². The van der Waals surface area contributed by atoms with Gasteiger partial charge >= 0.3 is 0 Å². The molecule has 3 amide bonds. The lowest BCUT2D eigenvalue weighted by Crippen LogP contribution is -2.30. The molecule has 0 aromatic heterocycles. The van der Waals surface area contributed by atoms with E-state index in [1.54, 1.807) is 97.1 Å². The van der Waals surface area contributed by atoms with Crippen molar-refractivity contribution in [3.8, 4) is 0 Å². The van der Waals surface area contributed by atoms with Crippen molar-refractivity contribution in [2.24, 2.45) is 0 Å². The number of hydrogen-bond acceptors (Lipinski definition) is 4. The minimum Gasteiger partial charge on any atom is -0.323 e. The number of hydrogen-bond donors (Lipinski definition) is 3. The highest BCUT2D eigenvalue weighted by atomic mass is 35.5. The van der Waals surface area contributed by atoms with Crippen LogP contribution in [-0.4, -0.2) is 17.7 Å². The van der Waals surface area contributed by atoms with Crippen LogP contribution in [-0.2, 0) is 9.59 Å². The average Bonchev–Trinajstić information content (AvgIpc) is 3.06. The van der Waals surface area contributed by atoms with E-state index in [1.165, 1.54) is 11.8 Å². The van der Waals surface area contributed by atoms with Crippen molar-refractivity contribution in [3.05, 3.63) is 165 Å². The van der Waals surface area contributed by atoms with Gasteiger partial charge in [-0.1, -0.05) is 102 Å². The molecule has 46 heavy (non-hydrogen) atoms. The van der Waals surface area contributed by atoms with Gasteiger partial charge in [0.2, 0.25) is 5.91 Å². The summed E-state index contributed by atoms with van der Waals surface area (Å²) >= 11 is 19.7. The van der Waals surface area contributed by atoms with E-state index in [4.69, 9.17) is 34.8 Å². The molecule has 0 saturated heterocycles. The standard InChI is InChI=1S/C36H26Cl3N3O3S/c37-26-16-14-23(15-17-26)20-32(42-34(43)25-10-5-2-6-11-25)35(44)40-28-12-7-13-29(22-28)46-33(24-8-3-1-4-9-24)36(45)41-31-19-18-27(38)21-30(31)39/h1-22,33H,(H,40,44)(H,41,45)(H,42,43)/b32-20-. The van der Waals surface area contributed by atoms with Crippen molar-refractivity contribution in [2.45, 2.75) is 10.1 Å². The van der Waals surface area contributed by atoms with E-state index in [0.717, 1.165) is 10.5 Å². The zero-order valence-electron chi connectivity index (χ0n) is 24.0. The summed E-state index contributed by atoms with van der Waals surface area (Å²) < 4.78 is 0. The first-order valence-electron chi connectivity index (χ1n) is 14.0. The van der Waals surface area contributed by atoms with Gasteiger partial charge in [0, 0.05) is 26.2 Å². The van der Waals surface area contributed by atoms with Gasteiger partial charge in [-0.15, -0.1) is 11.8 Å². The number of amides is 3. The van der Waals surface area contributed by atoms with E-state index in [0.29, 0.717) is 37.6 Å². The molecule has 3 N–H and O–H groups in total. The van der Waals surface area contributed by atoms with E-state index in [9.17, 15) is 14.4 Å². The Morgan fingerprint density at radius 3 is 2.04 bits per heavy atom. The summed E-state index contributed by atoms with van der Waals surface area (Å²) in [6.45, 7) is 0. The van der Waals surface area contributed by atoms with Crippen LogP contribution in [0.1, 0.15) is 26.7 Å². The quantitative estimate of drug-likeness (QED) is 0.101. The van der Waals surface area contributed by atoms with Gasteiger partial charge in [-0.3, -0.25) is 14.4 Å². The number of benzene rings is 5. The maximum Gasteiger partial charge on any atom is 0.272 e. The van der Waals surface area contributed by atoms with Crippen LogP contribution in [0.4, 0.5) is 11.4 Å². The van der Waals surface area contributed by atoms with Crippen molar-refractivity contribution in [3.63, 3.8) is 0 Å². The van der Waals surface area contributed by atoms with Crippen LogP contribution in [0.3, 0.4) is 0 Å². The van der Waals surface area contributed by atoms with Gasteiger partial charge in [0.05, 0.1) is 10.7 Å². The maximum absolute atomic E-state index is 13.6. The predicted octanol–water partition coefficient (Wildman–Crippen LogP) is 9.53. The molecule has 10 heteroatoms. The van der Waals surface area contributed by atoms with E-state index in [1.807, 2.05) is 36.4 Å². The maximum atomic E-state index is 13.6. The van der Waals surface area contributed by atoms with Crippen molar-refractivity contribution < 1.29 is 14.4 Å². The van der Waals surface area contributed by atoms with Crippen molar-refractivity contribution >= 4 is 81.7 Å². The van der Waals surface area contributed by atoms with Gasteiger partial charge in [-0.25, -0.2) is 0 Å². The number of anilines is 2. The summed E-state index contributed by atoms with van der Waals surface area (Å²) in [6, 6.07) is 36.8. The molecular formula is C36H26Cl3N3O3S.